The first-order valence-electron chi connectivity index (χ1n) is 12.5. The van der Waals surface area contributed by atoms with Crippen LogP contribution in [0.25, 0.3) is 0 Å². The molecule has 2 aromatic carbocycles. The van der Waals surface area contributed by atoms with Gasteiger partial charge in [-0.1, -0.05) is 53.5 Å². The van der Waals surface area contributed by atoms with Crippen molar-refractivity contribution in [2.75, 3.05) is 19.0 Å². The molecule has 1 saturated heterocycles. The van der Waals surface area contributed by atoms with Gasteiger partial charge in [0.05, 0.1) is 5.02 Å². The smallest absolute Gasteiger partial charge is 0.352 e. The molecule has 3 amide bonds. The van der Waals surface area contributed by atoms with Crippen LogP contribution in [-0.4, -0.2) is 83.0 Å². The molecule has 2 aromatic rings. The Balaban J connectivity index is 1.50. The molecule has 0 radical (unpaired) electrons. The minimum atomic E-state index is -4.84. The van der Waals surface area contributed by atoms with E-state index in [0.29, 0.717) is 5.56 Å². The minimum Gasteiger partial charge on any atom is -0.481 e. The van der Waals surface area contributed by atoms with Gasteiger partial charge in [-0.05, 0) is 17.7 Å². The first-order valence-corrected chi connectivity index (χ1v) is 15.7. The lowest BCUT2D eigenvalue weighted by molar-refractivity contribution is -0.151. The van der Waals surface area contributed by atoms with Crippen molar-refractivity contribution >= 4 is 74.7 Å². The maximum atomic E-state index is 13.4. The second-order valence-corrected chi connectivity index (χ2v) is 12.7. The summed E-state index contributed by atoms with van der Waals surface area (Å²) in [4.78, 5) is 62.7. The summed E-state index contributed by atoms with van der Waals surface area (Å²) < 4.78 is 43.2. The lowest BCUT2D eigenvalue weighted by Gasteiger charge is -2.49. The van der Waals surface area contributed by atoms with Crippen LogP contribution in [0.15, 0.2) is 58.6 Å². The number of thioether (sulfide) groups is 1. The molecule has 4 rings (SSSR count). The van der Waals surface area contributed by atoms with Crippen LogP contribution in [0.1, 0.15) is 18.5 Å². The fraction of sp³-hybridized carbons (Fsp3) is 0.269. The highest BCUT2D eigenvalue weighted by Gasteiger charge is 2.54. The quantitative estimate of drug-likeness (QED) is 0.152. The van der Waals surface area contributed by atoms with Crippen LogP contribution in [0.4, 0.5) is 0 Å². The van der Waals surface area contributed by atoms with E-state index in [0.717, 1.165) is 35.7 Å². The number of ether oxygens (including phenoxy) is 2. The number of halogens is 2. The number of benzene rings is 2. The Labute approximate surface area is 264 Å². The van der Waals surface area contributed by atoms with Gasteiger partial charge in [0.25, 0.3) is 21.9 Å². The Morgan fingerprint density at radius 1 is 1.16 bits per heavy atom. The van der Waals surface area contributed by atoms with Crippen LogP contribution >= 0.6 is 35.0 Å². The summed E-state index contributed by atoms with van der Waals surface area (Å²) in [7, 11) is -4.84. The van der Waals surface area contributed by atoms with E-state index in [2.05, 4.69) is 10.6 Å². The zero-order valence-corrected chi connectivity index (χ0v) is 25.6. The monoisotopic (exact) mass is 687 g/mol. The lowest BCUT2D eigenvalue weighted by Crippen LogP contribution is -2.71. The molecule has 1 fully saturated rings. The Hall–Kier alpha value is -3.83. The fourth-order valence-corrected chi connectivity index (χ4v) is 7.05. The number of carboxylic acids is 1. The molecule has 2 aliphatic heterocycles. The number of carbonyl (C=O) groups is 5. The van der Waals surface area contributed by atoms with Crippen molar-refractivity contribution < 1.29 is 51.5 Å². The number of aliphatic carboxylic acids is 1. The molecule has 44 heavy (non-hydrogen) atoms. The molecule has 234 valence electrons. The Kier molecular flexibility index (Phi) is 10.1. The number of carbonyl (C=O) groups excluding carboxylic acids is 4. The minimum absolute atomic E-state index is 0.116. The predicted octanol–water partition coefficient (Wildman–Crippen LogP) is 1.78. The van der Waals surface area contributed by atoms with Gasteiger partial charge in [0, 0.05) is 23.3 Å². The first kappa shape index (κ1) is 33.1. The number of amides is 3. The van der Waals surface area contributed by atoms with E-state index in [9.17, 15) is 42.0 Å². The number of esters is 1. The molecule has 0 saturated carbocycles. The van der Waals surface area contributed by atoms with Crippen molar-refractivity contribution in [3.8, 4) is 5.75 Å². The summed E-state index contributed by atoms with van der Waals surface area (Å²) >= 11 is 13.0. The van der Waals surface area contributed by atoms with Gasteiger partial charge < -0.3 is 25.2 Å². The SMILES string of the molecule is CC(=O)OCC1=C(C(=O)O)N2C(=O)[C@@H](NC(=O)[C@@H](NC(=O)COc3c(Cl)cc(Cl)cc3S(=O)(=O)O)c3ccccc3)[C@H]2SC1. The Bertz CT molecular complexity index is 1670. The standard InChI is InChI=1S/C26H23Cl2N3O11S2/c1-12(32)41-9-14-11-43-25-20(24(35)31(25)21(14)26(36)37)30-23(34)19(13-5-3-2-4-6-13)29-18(33)10-42-22-16(28)7-15(27)8-17(22)44(38,39)40/h2-8,19-20,25H,9-11H2,1H3,(H,29,33)(H,30,34)(H,36,37)(H,38,39,40)/t19-,20+,25+/m0/s1. The summed E-state index contributed by atoms with van der Waals surface area (Å²) in [6.45, 7) is 0.0133. The van der Waals surface area contributed by atoms with Crippen molar-refractivity contribution in [1.82, 2.24) is 15.5 Å². The van der Waals surface area contributed by atoms with Crippen molar-refractivity contribution in [3.05, 3.63) is 69.3 Å². The van der Waals surface area contributed by atoms with E-state index >= 15 is 0 Å². The molecule has 3 atom stereocenters. The molecule has 0 spiro atoms. The van der Waals surface area contributed by atoms with Gasteiger partial charge in [0.1, 0.15) is 34.7 Å². The fourth-order valence-electron chi connectivity index (χ4n) is 4.37. The Morgan fingerprint density at radius 3 is 2.45 bits per heavy atom. The molecule has 2 heterocycles. The second kappa shape index (κ2) is 13.4. The average molecular weight is 689 g/mol. The summed E-state index contributed by atoms with van der Waals surface area (Å²) in [6, 6.07) is 7.46. The molecule has 0 unspecified atom stereocenters. The number of β-lactam (4-membered cyclic amide) rings is 1. The molecule has 2 aliphatic rings. The van der Waals surface area contributed by atoms with Gasteiger partial charge in [0.15, 0.2) is 12.4 Å². The van der Waals surface area contributed by atoms with Crippen LogP contribution in [0.5, 0.6) is 5.75 Å². The topological polar surface area (TPSA) is 206 Å². The molecule has 0 bridgehead atoms. The number of hydrogen-bond acceptors (Lipinski definition) is 10. The van der Waals surface area contributed by atoms with Gasteiger partial charge in [-0.2, -0.15) is 8.42 Å². The van der Waals surface area contributed by atoms with E-state index < -0.39 is 74.5 Å². The zero-order valence-electron chi connectivity index (χ0n) is 22.5. The predicted molar refractivity (Wildman–Crippen MR) is 155 cm³/mol. The summed E-state index contributed by atoms with van der Waals surface area (Å²) in [6.07, 6.45) is 0. The van der Waals surface area contributed by atoms with Gasteiger partial charge >= 0.3 is 11.9 Å². The largest absolute Gasteiger partial charge is 0.481 e. The molecule has 4 N–H and O–H groups in total. The maximum Gasteiger partial charge on any atom is 0.352 e. The molecule has 14 nitrogen and oxygen atoms in total. The van der Waals surface area contributed by atoms with Crippen LogP contribution in [-0.2, 0) is 38.8 Å². The third-order valence-corrected chi connectivity index (χ3v) is 9.00. The highest BCUT2D eigenvalue weighted by Crippen LogP contribution is 2.40. The number of rotatable bonds is 11. The number of nitrogens with one attached hydrogen (secondary N) is 2. The van der Waals surface area contributed by atoms with Crippen LogP contribution in [0, 0.1) is 0 Å². The second-order valence-electron chi connectivity index (χ2n) is 9.32. The third-order valence-electron chi connectivity index (χ3n) is 6.30. The summed E-state index contributed by atoms with van der Waals surface area (Å²) in [5, 5.41) is 13.5. The number of hydrogen-bond donors (Lipinski definition) is 4. The van der Waals surface area contributed by atoms with E-state index in [1.807, 2.05) is 0 Å². The van der Waals surface area contributed by atoms with E-state index in [4.69, 9.17) is 32.7 Å². The van der Waals surface area contributed by atoms with Crippen LogP contribution < -0.4 is 15.4 Å². The van der Waals surface area contributed by atoms with E-state index in [-0.39, 0.29) is 33.7 Å². The maximum absolute atomic E-state index is 13.4. The average Bonchev–Trinajstić information content (AvgIpc) is 2.95. The number of fused-ring (bicyclic) bond motifs is 1. The van der Waals surface area contributed by atoms with Crippen molar-refractivity contribution in [3.63, 3.8) is 0 Å². The first-order chi connectivity index (χ1) is 20.7. The summed E-state index contributed by atoms with van der Waals surface area (Å²) in [5.41, 5.74) is 0.205. The van der Waals surface area contributed by atoms with E-state index in [1.54, 1.807) is 18.2 Å². The van der Waals surface area contributed by atoms with Crippen molar-refractivity contribution in [1.29, 1.82) is 0 Å². The van der Waals surface area contributed by atoms with Gasteiger partial charge in [-0.3, -0.25) is 28.6 Å². The van der Waals surface area contributed by atoms with Crippen LogP contribution in [0.2, 0.25) is 10.0 Å². The highest BCUT2D eigenvalue weighted by atomic mass is 35.5. The van der Waals surface area contributed by atoms with E-state index in [1.165, 1.54) is 12.1 Å². The molecule has 0 aromatic heterocycles. The van der Waals surface area contributed by atoms with Gasteiger partial charge in [-0.25, -0.2) is 4.79 Å². The normalized spacial score (nSPS) is 18.5. The Morgan fingerprint density at radius 2 is 1.84 bits per heavy atom. The van der Waals surface area contributed by atoms with Gasteiger partial charge in [-0.15, -0.1) is 11.8 Å². The molecule has 0 aliphatic carbocycles. The van der Waals surface area contributed by atoms with Gasteiger partial charge in [0.2, 0.25) is 5.91 Å². The molecule has 18 heteroatoms. The summed E-state index contributed by atoms with van der Waals surface area (Å²) in [5.74, 6) is -4.87. The molecular formula is C26H23Cl2N3O11S2. The number of nitrogens with zero attached hydrogens (tertiary/aromatic N) is 1. The van der Waals surface area contributed by atoms with Crippen LogP contribution in [0.3, 0.4) is 0 Å². The van der Waals surface area contributed by atoms with Crippen molar-refractivity contribution in [2.45, 2.75) is 29.3 Å². The highest BCUT2D eigenvalue weighted by molar-refractivity contribution is 8.00. The zero-order chi connectivity index (χ0) is 32.3. The molecular weight excluding hydrogens is 665 g/mol. The lowest BCUT2D eigenvalue weighted by atomic mass is 10.0. The third kappa shape index (κ3) is 7.27. The number of carboxylic acid groups (broad SMARTS) is 1. The van der Waals surface area contributed by atoms with Crippen molar-refractivity contribution in [2.24, 2.45) is 0 Å².